The van der Waals surface area contributed by atoms with Gasteiger partial charge in [-0.25, -0.2) is 4.39 Å². The van der Waals surface area contributed by atoms with Gasteiger partial charge in [-0.15, -0.1) is 11.3 Å². The Labute approximate surface area is 162 Å². The van der Waals surface area contributed by atoms with Crippen LogP contribution >= 0.6 is 11.3 Å². The first-order valence-electron chi connectivity index (χ1n) is 9.15. The van der Waals surface area contributed by atoms with E-state index in [-0.39, 0.29) is 17.6 Å². The summed E-state index contributed by atoms with van der Waals surface area (Å²) in [5, 5.41) is 4.87. The molecule has 1 aromatic carbocycles. The number of nitrogens with one attached hydrogen (secondary N) is 1. The van der Waals surface area contributed by atoms with Gasteiger partial charge in [0.05, 0.1) is 0 Å². The Morgan fingerprint density at radius 2 is 2.22 bits per heavy atom. The molecular weight excluding hydrogens is 363 g/mol. The molecule has 2 heterocycles. The number of carbonyl (C=O) groups is 2. The van der Waals surface area contributed by atoms with Gasteiger partial charge in [0.1, 0.15) is 11.9 Å². The van der Waals surface area contributed by atoms with Crippen LogP contribution in [0.2, 0.25) is 0 Å². The van der Waals surface area contributed by atoms with Crippen LogP contribution in [0.3, 0.4) is 0 Å². The van der Waals surface area contributed by atoms with Crippen molar-refractivity contribution in [2.45, 2.75) is 38.8 Å². The molecule has 1 atom stereocenters. The van der Waals surface area contributed by atoms with E-state index >= 15 is 0 Å². The molecule has 0 saturated heterocycles. The van der Waals surface area contributed by atoms with Gasteiger partial charge in [-0.3, -0.25) is 9.59 Å². The van der Waals surface area contributed by atoms with Crippen molar-refractivity contribution in [3.63, 3.8) is 0 Å². The fourth-order valence-corrected chi connectivity index (χ4v) is 4.09. The maximum atomic E-state index is 13.2. The number of carbonyl (C=O) groups excluding carboxylic acids is 2. The van der Waals surface area contributed by atoms with Crippen LogP contribution in [0.4, 0.5) is 4.39 Å². The van der Waals surface area contributed by atoms with Gasteiger partial charge in [-0.05, 0) is 53.6 Å². The van der Waals surface area contributed by atoms with Crippen molar-refractivity contribution in [1.29, 1.82) is 0 Å². The Hall–Kier alpha value is -2.47. The average molecular weight is 386 g/mol. The van der Waals surface area contributed by atoms with Crippen molar-refractivity contribution in [3.8, 4) is 0 Å². The Bertz CT molecular complexity index is 846. The van der Waals surface area contributed by atoms with E-state index in [2.05, 4.69) is 16.8 Å². The average Bonchev–Trinajstić information content (AvgIpc) is 3.13. The van der Waals surface area contributed by atoms with Crippen LogP contribution in [-0.2, 0) is 22.6 Å². The molecule has 0 spiro atoms. The Kier molecular flexibility index (Phi) is 6.40. The molecule has 2 amide bonds. The molecule has 1 unspecified atom stereocenters. The lowest BCUT2D eigenvalue weighted by molar-refractivity contribution is -0.136. The van der Waals surface area contributed by atoms with Crippen LogP contribution in [0, 0.1) is 5.82 Å². The van der Waals surface area contributed by atoms with Crippen LogP contribution in [0.5, 0.6) is 0 Å². The molecule has 1 aliphatic heterocycles. The predicted molar refractivity (Wildman–Crippen MR) is 106 cm³/mol. The third-order valence-corrected chi connectivity index (χ3v) is 5.61. The molecule has 1 aromatic heterocycles. The van der Waals surface area contributed by atoms with Gasteiger partial charge in [0.25, 0.3) is 0 Å². The van der Waals surface area contributed by atoms with E-state index in [1.807, 2.05) is 11.8 Å². The lowest BCUT2D eigenvalue weighted by Gasteiger charge is -2.30. The molecular formula is C21H23FN2O2S. The molecule has 27 heavy (non-hydrogen) atoms. The normalized spacial score (nSPS) is 14.8. The number of thiophene rings is 1. The zero-order valence-electron chi connectivity index (χ0n) is 15.3. The first kappa shape index (κ1) is 19.3. The van der Waals surface area contributed by atoms with Crippen molar-refractivity contribution in [3.05, 3.63) is 63.6 Å². The smallest absolute Gasteiger partial charge is 0.245 e. The second-order valence-electron chi connectivity index (χ2n) is 6.62. The first-order valence-corrected chi connectivity index (χ1v) is 10.0. The van der Waals surface area contributed by atoms with Crippen molar-refractivity contribution < 1.29 is 14.0 Å². The SMILES string of the molecule is CCCC(NC(=O)C=Cc1cccc(F)c1)C(=O)N1CCc2sccc2C1. The van der Waals surface area contributed by atoms with Crippen molar-refractivity contribution in [1.82, 2.24) is 10.2 Å². The highest BCUT2D eigenvalue weighted by molar-refractivity contribution is 7.10. The molecule has 1 aliphatic rings. The van der Waals surface area contributed by atoms with E-state index in [1.54, 1.807) is 29.5 Å². The lowest BCUT2D eigenvalue weighted by atomic mass is 10.1. The molecule has 6 heteroatoms. The van der Waals surface area contributed by atoms with E-state index in [1.165, 1.54) is 28.6 Å². The highest BCUT2D eigenvalue weighted by Gasteiger charge is 2.27. The van der Waals surface area contributed by atoms with Crippen LogP contribution in [-0.4, -0.2) is 29.3 Å². The molecule has 1 N–H and O–H groups in total. The summed E-state index contributed by atoms with van der Waals surface area (Å²) in [5.74, 6) is -0.741. The molecule has 0 fully saturated rings. The van der Waals surface area contributed by atoms with E-state index in [4.69, 9.17) is 0 Å². The second kappa shape index (κ2) is 8.95. The van der Waals surface area contributed by atoms with Gasteiger partial charge in [-0.2, -0.15) is 0 Å². The van der Waals surface area contributed by atoms with Crippen LogP contribution in [0.15, 0.2) is 41.8 Å². The number of halogens is 1. The molecule has 0 saturated carbocycles. The highest BCUT2D eigenvalue weighted by atomic mass is 32.1. The molecule has 0 radical (unpaired) electrons. The zero-order valence-corrected chi connectivity index (χ0v) is 16.1. The van der Waals surface area contributed by atoms with Gasteiger partial charge >= 0.3 is 0 Å². The summed E-state index contributed by atoms with van der Waals surface area (Å²) in [4.78, 5) is 28.4. The molecule has 3 rings (SSSR count). The summed E-state index contributed by atoms with van der Waals surface area (Å²) >= 11 is 1.73. The van der Waals surface area contributed by atoms with E-state index in [0.29, 0.717) is 25.1 Å². The zero-order chi connectivity index (χ0) is 19.2. The van der Waals surface area contributed by atoms with Crippen LogP contribution in [0.25, 0.3) is 6.08 Å². The highest BCUT2D eigenvalue weighted by Crippen LogP contribution is 2.24. The van der Waals surface area contributed by atoms with Crippen LogP contribution < -0.4 is 5.32 Å². The minimum absolute atomic E-state index is 0.0406. The number of rotatable bonds is 6. The number of nitrogens with zero attached hydrogens (tertiary/aromatic N) is 1. The number of amides is 2. The number of fused-ring (bicyclic) bond motifs is 1. The third-order valence-electron chi connectivity index (χ3n) is 4.59. The summed E-state index contributed by atoms with van der Waals surface area (Å²) in [6, 6.07) is 7.53. The number of hydrogen-bond donors (Lipinski definition) is 1. The Morgan fingerprint density at radius 1 is 1.37 bits per heavy atom. The van der Waals surface area contributed by atoms with Gasteiger partial charge < -0.3 is 10.2 Å². The molecule has 142 valence electrons. The standard InChI is InChI=1S/C21H23FN2O2S/c1-2-4-18(21(26)24-11-9-19-16(14-24)10-12-27-19)23-20(25)8-7-15-5-3-6-17(22)13-15/h3,5-8,10,12-13,18H,2,4,9,11,14H2,1H3,(H,23,25). The third kappa shape index (κ3) is 5.04. The number of benzene rings is 1. The molecule has 4 nitrogen and oxygen atoms in total. The monoisotopic (exact) mass is 386 g/mol. The summed E-state index contributed by atoms with van der Waals surface area (Å²) in [5.41, 5.74) is 1.80. The van der Waals surface area contributed by atoms with Gasteiger partial charge in [0.15, 0.2) is 0 Å². The summed E-state index contributed by atoms with van der Waals surface area (Å²) in [6.45, 7) is 3.27. The maximum absolute atomic E-state index is 13.2. The van der Waals surface area contributed by atoms with E-state index in [0.717, 1.165) is 12.8 Å². The number of hydrogen-bond acceptors (Lipinski definition) is 3. The minimum atomic E-state index is -0.542. The van der Waals surface area contributed by atoms with Gasteiger partial charge in [-0.1, -0.05) is 25.5 Å². The van der Waals surface area contributed by atoms with Crippen molar-refractivity contribution >= 4 is 29.2 Å². The fourth-order valence-electron chi connectivity index (χ4n) is 3.21. The second-order valence-corrected chi connectivity index (χ2v) is 7.62. The first-order chi connectivity index (χ1) is 13.1. The lowest BCUT2D eigenvalue weighted by Crippen LogP contribution is -2.49. The molecule has 0 aliphatic carbocycles. The quantitative estimate of drug-likeness (QED) is 0.769. The predicted octanol–water partition coefficient (Wildman–Crippen LogP) is 3.77. The van der Waals surface area contributed by atoms with Crippen molar-refractivity contribution in [2.24, 2.45) is 0 Å². The Morgan fingerprint density at radius 3 is 3.00 bits per heavy atom. The maximum Gasteiger partial charge on any atom is 0.245 e. The topological polar surface area (TPSA) is 49.4 Å². The summed E-state index contributed by atoms with van der Waals surface area (Å²) in [6.07, 6.45) is 5.14. The van der Waals surface area contributed by atoms with Crippen LogP contribution in [0.1, 0.15) is 35.8 Å². The van der Waals surface area contributed by atoms with E-state index < -0.39 is 6.04 Å². The van der Waals surface area contributed by atoms with Gasteiger partial charge in [0.2, 0.25) is 11.8 Å². The summed E-state index contributed by atoms with van der Waals surface area (Å²) in [7, 11) is 0. The van der Waals surface area contributed by atoms with E-state index in [9.17, 15) is 14.0 Å². The van der Waals surface area contributed by atoms with Gasteiger partial charge in [0, 0.05) is 24.0 Å². The fraction of sp³-hybridized carbons (Fsp3) is 0.333. The van der Waals surface area contributed by atoms with Crippen molar-refractivity contribution in [2.75, 3.05) is 6.54 Å². The summed E-state index contributed by atoms with van der Waals surface area (Å²) < 4.78 is 13.2. The molecule has 0 bridgehead atoms. The Balaban J connectivity index is 1.63. The largest absolute Gasteiger partial charge is 0.341 e. The minimum Gasteiger partial charge on any atom is -0.341 e. The molecule has 2 aromatic rings.